The second kappa shape index (κ2) is 5.91. The van der Waals surface area contributed by atoms with E-state index in [1.165, 1.54) is 6.07 Å². The second-order valence-corrected chi connectivity index (χ2v) is 5.28. The summed E-state index contributed by atoms with van der Waals surface area (Å²) in [6.45, 7) is 0. The maximum absolute atomic E-state index is 13.6. The predicted octanol–water partition coefficient (Wildman–Crippen LogP) is 5.06. The number of hydrogen-bond acceptors (Lipinski definition) is 0. The normalized spacial score (nSPS) is 12.5. The molecule has 0 aliphatic carbocycles. The molecular weight excluding hydrogens is 343 g/mol. The van der Waals surface area contributed by atoms with Crippen LogP contribution < -0.4 is 0 Å². The summed E-state index contributed by atoms with van der Waals surface area (Å²) in [5.74, 6) is -5.70. The van der Waals surface area contributed by atoms with Crippen molar-refractivity contribution in [2.45, 2.75) is 11.2 Å². The van der Waals surface area contributed by atoms with Gasteiger partial charge in [-0.15, -0.1) is 0 Å². The third-order valence-corrected chi connectivity index (χ3v) is 3.63. The van der Waals surface area contributed by atoms with Crippen molar-refractivity contribution in [3.8, 4) is 0 Å². The number of benzene rings is 2. The Balaban J connectivity index is 2.28. The van der Waals surface area contributed by atoms with Crippen LogP contribution in [-0.2, 0) is 6.42 Å². The van der Waals surface area contributed by atoms with Crippen molar-refractivity contribution in [2.24, 2.45) is 0 Å². The van der Waals surface area contributed by atoms with Crippen LogP contribution in [-0.4, -0.2) is 0 Å². The summed E-state index contributed by atoms with van der Waals surface area (Å²) in [6.07, 6.45) is -0.0336. The summed E-state index contributed by atoms with van der Waals surface area (Å²) in [5, 5.41) is 0. The van der Waals surface area contributed by atoms with Crippen LogP contribution in [0.5, 0.6) is 0 Å². The van der Waals surface area contributed by atoms with Gasteiger partial charge in [0.2, 0.25) is 0 Å². The van der Waals surface area contributed by atoms with Crippen molar-refractivity contribution in [1.82, 2.24) is 0 Å². The van der Waals surface area contributed by atoms with E-state index in [0.29, 0.717) is 6.07 Å². The molecule has 20 heavy (non-hydrogen) atoms. The van der Waals surface area contributed by atoms with Crippen molar-refractivity contribution in [2.75, 3.05) is 0 Å². The molecule has 0 amide bonds. The van der Waals surface area contributed by atoms with E-state index in [9.17, 15) is 22.0 Å². The minimum atomic E-state index is -1.58. The standard InChI is InChI=1S/C14H8BrF5/c15-10(5-7-1-2-8(16)6-12(7)18)9-3-4-11(17)14(20)13(9)19/h1-4,6,10H,5H2. The third kappa shape index (κ3) is 3.00. The smallest absolute Gasteiger partial charge is 0.194 e. The maximum atomic E-state index is 13.6. The summed E-state index contributed by atoms with van der Waals surface area (Å²) in [7, 11) is 0. The lowest BCUT2D eigenvalue weighted by molar-refractivity contribution is 0.440. The van der Waals surface area contributed by atoms with Crippen molar-refractivity contribution in [3.63, 3.8) is 0 Å². The van der Waals surface area contributed by atoms with Crippen molar-refractivity contribution in [3.05, 3.63) is 70.5 Å². The number of alkyl halides is 1. The molecule has 0 aliphatic rings. The Bertz CT molecular complexity index is 642. The van der Waals surface area contributed by atoms with E-state index in [1.54, 1.807) is 0 Å². The molecule has 2 aromatic rings. The molecule has 0 aliphatic heterocycles. The predicted molar refractivity (Wildman–Crippen MR) is 68.0 cm³/mol. The SMILES string of the molecule is Fc1ccc(CC(Br)c2ccc(F)c(F)c2F)c(F)c1. The Morgan fingerprint density at radius 3 is 2.20 bits per heavy atom. The monoisotopic (exact) mass is 350 g/mol. The van der Waals surface area contributed by atoms with Gasteiger partial charge in [0, 0.05) is 16.5 Å². The molecule has 0 bridgehead atoms. The molecule has 2 aromatic carbocycles. The average Bonchev–Trinajstić information content (AvgIpc) is 2.39. The highest BCUT2D eigenvalue weighted by atomic mass is 79.9. The maximum Gasteiger partial charge on any atom is 0.194 e. The van der Waals surface area contributed by atoms with Gasteiger partial charge in [0.1, 0.15) is 11.6 Å². The Morgan fingerprint density at radius 2 is 1.55 bits per heavy atom. The quantitative estimate of drug-likeness (QED) is 0.412. The highest BCUT2D eigenvalue weighted by Gasteiger charge is 2.20. The van der Waals surface area contributed by atoms with Gasteiger partial charge < -0.3 is 0 Å². The summed E-state index contributed by atoms with van der Waals surface area (Å²) in [4.78, 5) is -0.766. The first-order valence-corrected chi connectivity index (χ1v) is 6.53. The fraction of sp³-hybridized carbons (Fsp3) is 0.143. The molecule has 0 spiro atoms. The van der Waals surface area contributed by atoms with E-state index in [2.05, 4.69) is 15.9 Å². The van der Waals surface area contributed by atoms with Crippen LogP contribution in [0.1, 0.15) is 16.0 Å². The molecule has 1 atom stereocenters. The van der Waals surface area contributed by atoms with Crippen LogP contribution >= 0.6 is 15.9 Å². The lowest BCUT2D eigenvalue weighted by Gasteiger charge is -2.12. The minimum Gasteiger partial charge on any atom is -0.207 e. The number of rotatable bonds is 3. The average molecular weight is 351 g/mol. The molecular formula is C14H8BrF5. The fourth-order valence-corrected chi connectivity index (χ4v) is 2.48. The molecule has 0 heterocycles. The lowest BCUT2D eigenvalue weighted by Crippen LogP contribution is -2.04. The molecule has 2 rings (SSSR count). The number of hydrogen-bond donors (Lipinski definition) is 0. The van der Waals surface area contributed by atoms with Crippen LogP contribution in [0, 0.1) is 29.1 Å². The molecule has 0 aromatic heterocycles. The molecule has 0 saturated carbocycles. The van der Waals surface area contributed by atoms with Crippen LogP contribution in [0.4, 0.5) is 22.0 Å². The van der Waals surface area contributed by atoms with Crippen LogP contribution in [0.25, 0.3) is 0 Å². The molecule has 1 unspecified atom stereocenters. The zero-order chi connectivity index (χ0) is 14.9. The second-order valence-electron chi connectivity index (χ2n) is 4.17. The summed E-state index contributed by atoms with van der Waals surface area (Å²) < 4.78 is 65.8. The first kappa shape index (κ1) is 15.0. The summed E-state index contributed by atoms with van der Waals surface area (Å²) in [5.41, 5.74) is 0.00466. The van der Waals surface area contributed by atoms with E-state index >= 15 is 0 Å². The summed E-state index contributed by atoms with van der Waals surface area (Å²) in [6, 6.07) is 4.87. The first-order chi connectivity index (χ1) is 9.40. The minimum absolute atomic E-state index is 0.0336. The lowest BCUT2D eigenvalue weighted by atomic mass is 10.0. The largest absolute Gasteiger partial charge is 0.207 e. The highest BCUT2D eigenvalue weighted by Crippen LogP contribution is 2.31. The van der Waals surface area contributed by atoms with E-state index in [-0.39, 0.29) is 17.5 Å². The van der Waals surface area contributed by atoms with Crippen molar-refractivity contribution in [1.29, 1.82) is 0 Å². The molecule has 0 N–H and O–H groups in total. The third-order valence-electron chi connectivity index (χ3n) is 2.82. The van der Waals surface area contributed by atoms with Gasteiger partial charge in [-0.25, -0.2) is 22.0 Å². The Kier molecular flexibility index (Phi) is 4.42. The number of halogens is 6. The van der Waals surface area contributed by atoms with Crippen molar-refractivity contribution < 1.29 is 22.0 Å². The van der Waals surface area contributed by atoms with E-state index in [1.807, 2.05) is 0 Å². The van der Waals surface area contributed by atoms with E-state index in [0.717, 1.165) is 18.2 Å². The molecule has 0 fully saturated rings. The van der Waals surface area contributed by atoms with Gasteiger partial charge in [-0.3, -0.25) is 0 Å². The van der Waals surface area contributed by atoms with Crippen molar-refractivity contribution >= 4 is 15.9 Å². The molecule has 0 saturated heterocycles. The summed E-state index contributed by atoms with van der Waals surface area (Å²) >= 11 is 3.10. The topological polar surface area (TPSA) is 0 Å². The van der Waals surface area contributed by atoms with Gasteiger partial charge in [0.25, 0.3) is 0 Å². The van der Waals surface area contributed by atoms with Gasteiger partial charge >= 0.3 is 0 Å². The molecule has 6 heteroatoms. The van der Waals surface area contributed by atoms with E-state index in [4.69, 9.17) is 0 Å². The van der Waals surface area contributed by atoms with Gasteiger partial charge in [0.05, 0.1) is 0 Å². The van der Waals surface area contributed by atoms with E-state index < -0.39 is 33.9 Å². The highest BCUT2D eigenvalue weighted by molar-refractivity contribution is 9.09. The van der Waals surface area contributed by atoms with Crippen LogP contribution in [0.15, 0.2) is 30.3 Å². The molecule has 0 radical (unpaired) electrons. The van der Waals surface area contributed by atoms with Gasteiger partial charge in [-0.05, 0) is 24.1 Å². The Morgan fingerprint density at radius 1 is 0.850 bits per heavy atom. The zero-order valence-corrected chi connectivity index (χ0v) is 11.5. The first-order valence-electron chi connectivity index (χ1n) is 5.61. The zero-order valence-electron chi connectivity index (χ0n) is 9.94. The van der Waals surface area contributed by atoms with Gasteiger partial charge in [0.15, 0.2) is 17.5 Å². The van der Waals surface area contributed by atoms with Gasteiger partial charge in [-0.1, -0.05) is 28.1 Å². The molecule has 0 nitrogen and oxygen atoms in total. The fourth-order valence-electron chi connectivity index (χ4n) is 1.77. The van der Waals surface area contributed by atoms with Gasteiger partial charge in [-0.2, -0.15) is 0 Å². The molecule has 106 valence electrons. The van der Waals surface area contributed by atoms with Crippen LogP contribution in [0.3, 0.4) is 0 Å². The Hall–Kier alpha value is -1.43. The Labute approximate surface area is 120 Å². The van der Waals surface area contributed by atoms with Crippen LogP contribution in [0.2, 0.25) is 0 Å².